The molecule has 15 heavy (non-hydrogen) atoms. The minimum Gasteiger partial charge on any atom is -0.342 e. The molecule has 0 aromatic heterocycles. The highest BCUT2D eigenvalue weighted by Gasteiger charge is 2.21. The van der Waals surface area contributed by atoms with Crippen LogP contribution in [0.3, 0.4) is 0 Å². The van der Waals surface area contributed by atoms with Crippen LogP contribution in [-0.2, 0) is 4.79 Å². The topological polar surface area (TPSA) is 32.3 Å². The van der Waals surface area contributed by atoms with Crippen LogP contribution in [-0.4, -0.2) is 49.5 Å². The van der Waals surface area contributed by atoms with Crippen molar-refractivity contribution in [3.63, 3.8) is 0 Å². The number of carbonyl (C=O) groups excluding carboxylic acids is 1. The Hall–Kier alpha value is -0.220. The maximum Gasteiger partial charge on any atom is 0.232 e. The molecule has 1 saturated heterocycles. The molecule has 0 aliphatic carbocycles. The van der Waals surface area contributed by atoms with E-state index in [-0.39, 0.29) is 0 Å². The summed E-state index contributed by atoms with van der Waals surface area (Å²) in [5.41, 5.74) is 0. The van der Waals surface area contributed by atoms with E-state index in [2.05, 4.69) is 5.32 Å². The van der Waals surface area contributed by atoms with E-state index in [0.717, 1.165) is 25.6 Å². The smallest absolute Gasteiger partial charge is 0.232 e. The molecule has 1 heterocycles. The minimum atomic E-state index is 0.314. The predicted molar refractivity (Wildman–Crippen MR) is 66.2 cm³/mol. The van der Waals surface area contributed by atoms with Crippen molar-refractivity contribution in [3.05, 3.63) is 0 Å². The van der Waals surface area contributed by atoms with Crippen molar-refractivity contribution in [1.29, 1.82) is 0 Å². The molecular formula is C11H22N2OS. The van der Waals surface area contributed by atoms with Crippen LogP contribution < -0.4 is 5.32 Å². The zero-order valence-electron chi connectivity index (χ0n) is 9.79. The van der Waals surface area contributed by atoms with Gasteiger partial charge in [-0.05, 0) is 45.0 Å². The van der Waals surface area contributed by atoms with Crippen LogP contribution in [0.2, 0.25) is 0 Å². The highest BCUT2D eigenvalue weighted by molar-refractivity contribution is 7.99. The van der Waals surface area contributed by atoms with Crippen LogP contribution in [0.15, 0.2) is 0 Å². The minimum absolute atomic E-state index is 0.314. The number of likely N-dealkylation sites (tertiary alicyclic amines) is 1. The summed E-state index contributed by atoms with van der Waals surface area (Å²) in [6.07, 6.45) is 5.60. The molecule has 4 heteroatoms. The third kappa shape index (κ3) is 4.43. The van der Waals surface area contributed by atoms with Crippen LogP contribution in [0.4, 0.5) is 0 Å². The number of nitrogens with one attached hydrogen (secondary N) is 1. The third-order valence-electron chi connectivity index (χ3n) is 3.04. The van der Waals surface area contributed by atoms with E-state index in [1.54, 1.807) is 11.8 Å². The molecule has 0 saturated carbocycles. The van der Waals surface area contributed by atoms with Gasteiger partial charge in [-0.2, -0.15) is 11.8 Å². The number of piperidine rings is 1. The molecule has 1 N–H and O–H groups in total. The summed E-state index contributed by atoms with van der Waals surface area (Å²) in [5, 5.41) is 3.19. The quantitative estimate of drug-likeness (QED) is 0.770. The second-order valence-corrected chi connectivity index (χ2v) is 5.02. The first-order valence-corrected chi connectivity index (χ1v) is 7.08. The molecule has 1 aliphatic rings. The fraction of sp³-hybridized carbons (Fsp3) is 0.909. The van der Waals surface area contributed by atoms with Gasteiger partial charge in [0.25, 0.3) is 0 Å². The van der Waals surface area contributed by atoms with Gasteiger partial charge in [-0.1, -0.05) is 0 Å². The summed E-state index contributed by atoms with van der Waals surface area (Å²) < 4.78 is 0. The van der Waals surface area contributed by atoms with E-state index in [4.69, 9.17) is 0 Å². The van der Waals surface area contributed by atoms with Gasteiger partial charge in [0, 0.05) is 13.1 Å². The first-order valence-electron chi connectivity index (χ1n) is 5.69. The van der Waals surface area contributed by atoms with Gasteiger partial charge in [0.05, 0.1) is 5.75 Å². The molecule has 1 fully saturated rings. The van der Waals surface area contributed by atoms with Crippen LogP contribution in [0, 0.1) is 5.92 Å². The molecule has 1 rings (SSSR count). The zero-order chi connectivity index (χ0) is 11.1. The highest BCUT2D eigenvalue weighted by Crippen LogP contribution is 2.20. The standard InChI is InChI=1S/C11H22N2OS/c1-12-6-3-10-4-7-13(8-5-10)11(14)9-15-2/h10,12H,3-9H2,1-2H3. The van der Waals surface area contributed by atoms with Gasteiger partial charge in [-0.25, -0.2) is 0 Å². The summed E-state index contributed by atoms with van der Waals surface area (Å²) >= 11 is 1.62. The fourth-order valence-corrected chi connectivity index (χ4v) is 2.46. The number of rotatable bonds is 5. The van der Waals surface area contributed by atoms with Gasteiger partial charge in [0.15, 0.2) is 0 Å². The summed E-state index contributed by atoms with van der Waals surface area (Å²) in [5.74, 6) is 1.77. The van der Waals surface area contributed by atoms with E-state index < -0.39 is 0 Å². The van der Waals surface area contributed by atoms with E-state index >= 15 is 0 Å². The Labute approximate surface area is 97.0 Å². The summed E-state index contributed by atoms with van der Waals surface area (Å²) in [6, 6.07) is 0. The number of thioether (sulfide) groups is 1. The van der Waals surface area contributed by atoms with Gasteiger partial charge in [-0.15, -0.1) is 0 Å². The van der Waals surface area contributed by atoms with Crippen molar-refractivity contribution in [1.82, 2.24) is 10.2 Å². The van der Waals surface area contributed by atoms with Crippen LogP contribution in [0.1, 0.15) is 19.3 Å². The predicted octanol–water partition coefficient (Wildman–Crippen LogP) is 1.20. The maximum absolute atomic E-state index is 11.6. The number of hydrogen-bond acceptors (Lipinski definition) is 3. The lowest BCUT2D eigenvalue weighted by Gasteiger charge is -2.32. The van der Waals surface area contributed by atoms with E-state index in [9.17, 15) is 4.79 Å². The zero-order valence-corrected chi connectivity index (χ0v) is 10.6. The van der Waals surface area contributed by atoms with Crippen LogP contribution >= 0.6 is 11.8 Å². The molecule has 0 atom stereocenters. The van der Waals surface area contributed by atoms with Gasteiger partial charge in [-0.3, -0.25) is 4.79 Å². The normalized spacial score (nSPS) is 18.1. The summed E-state index contributed by atoms with van der Waals surface area (Å²) in [7, 11) is 2.00. The molecule has 1 aliphatic heterocycles. The van der Waals surface area contributed by atoms with Crippen LogP contribution in [0.5, 0.6) is 0 Å². The Morgan fingerprint density at radius 1 is 1.47 bits per heavy atom. The molecule has 0 unspecified atom stereocenters. The second-order valence-electron chi connectivity index (χ2n) is 4.15. The highest BCUT2D eigenvalue weighted by atomic mass is 32.2. The van der Waals surface area contributed by atoms with Crippen LogP contribution in [0.25, 0.3) is 0 Å². The molecule has 88 valence electrons. The number of carbonyl (C=O) groups is 1. The SMILES string of the molecule is CNCCC1CCN(C(=O)CSC)CC1. The first kappa shape index (κ1) is 12.8. The Bertz CT molecular complexity index is 191. The van der Waals surface area contributed by atoms with Gasteiger partial charge in [0.1, 0.15) is 0 Å². The third-order valence-corrected chi connectivity index (χ3v) is 3.57. The molecule has 0 aromatic carbocycles. The Balaban J connectivity index is 2.20. The number of nitrogens with zero attached hydrogens (tertiary/aromatic N) is 1. The number of amides is 1. The Kier molecular flexibility index (Phi) is 6.10. The average Bonchev–Trinajstić information content (AvgIpc) is 2.27. The fourth-order valence-electron chi connectivity index (χ4n) is 2.03. The van der Waals surface area contributed by atoms with Crippen molar-refractivity contribution in [2.45, 2.75) is 19.3 Å². The molecule has 0 radical (unpaired) electrons. The van der Waals surface area contributed by atoms with Crippen molar-refractivity contribution in [2.75, 3.05) is 38.7 Å². The van der Waals surface area contributed by atoms with E-state index in [1.165, 1.54) is 19.3 Å². The number of hydrogen-bond donors (Lipinski definition) is 1. The first-order chi connectivity index (χ1) is 7.27. The summed E-state index contributed by atoms with van der Waals surface area (Å²) in [4.78, 5) is 13.6. The van der Waals surface area contributed by atoms with E-state index in [1.807, 2.05) is 18.2 Å². The van der Waals surface area contributed by atoms with Crippen molar-refractivity contribution in [3.8, 4) is 0 Å². The molecule has 0 spiro atoms. The Morgan fingerprint density at radius 3 is 2.67 bits per heavy atom. The lowest BCUT2D eigenvalue weighted by Crippen LogP contribution is -2.39. The lowest BCUT2D eigenvalue weighted by atomic mass is 9.93. The molecule has 3 nitrogen and oxygen atoms in total. The molecule has 1 amide bonds. The van der Waals surface area contributed by atoms with Crippen molar-refractivity contribution in [2.24, 2.45) is 5.92 Å². The van der Waals surface area contributed by atoms with E-state index in [0.29, 0.717) is 11.7 Å². The molecule has 0 aromatic rings. The molecule has 0 bridgehead atoms. The van der Waals surface area contributed by atoms with Crippen molar-refractivity contribution >= 4 is 17.7 Å². The lowest BCUT2D eigenvalue weighted by molar-refractivity contribution is -0.129. The monoisotopic (exact) mass is 230 g/mol. The maximum atomic E-state index is 11.6. The van der Waals surface area contributed by atoms with Gasteiger partial charge in [0.2, 0.25) is 5.91 Å². The largest absolute Gasteiger partial charge is 0.342 e. The van der Waals surface area contributed by atoms with Gasteiger partial charge >= 0.3 is 0 Å². The average molecular weight is 230 g/mol. The Morgan fingerprint density at radius 2 is 2.13 bits per heavy atom. The summed E-state index contributed by atoms with van der Waals surface area (Å²) in [6.45, 7) is 3.03. The van der Waals surface area contributed by atoms with Gasteiger partial charge < -0.3 is 10.2 Å². The van der Waals surface area contributed by atoms with Crippen molar-refractivity contribution < 1.29 is 4.79 Å². The molecular weight excluding hydrogens is 208 g/mol. The second kappa shape index (κ2) is 7.12.